The first-order chi connectivity index (χ1) is 11.6. The van der Waals surface area contributed by atoms with Crippen molar-refractivity contribution in [1.82, 2.24) is 9.13 Å². The molecule has 1 N–H and O–H groups in total. The first-order valence-electron chi connectivity index (χ1n) is 8.07. The zero-order chi connectivity index (χ0) is 16.8. The van der Waals surface area contributed by atoms with Crippen LogP contribution in [0.1, 0.15) is 19.9 Å². The Morgan fingerprint density at radius 1 is 1.00 bits per heavy atom. The third-order valence-electron chi connectivity index (χ3n) is 4.54. The van der Waals surface area contributed by atoms with Crippen LogP contribution in [0.25, 0.3) is 27.4 Å². The van der Waals surface area contributed by atoms with Crippen molar-refractivity contribution < 1.29 is 9.84 Å². The highest BCUT2D eigenvalue weighted by Crippen LogP contribution is 2.33. The van der Waals surface area contributed by atoms with Crippen molar-refractivity contribution in [3.8, 4) is 17.3 Å². The van der Waals surface area contributed by atoms with Crippen LogP contribution in [-0.2, 0) is 0 Å². The minimum absolute atomic E-state index is 0.228. The summed E-state index contributed by atoms with van der Waals surface area (Å²) in [4.78, 5) is 0. The SMILES string of the molecule is COc1ccc2cn(-c3ccc4ccn(C(C)C)c4c3)c(O)c2c1. The Labute approximate surface area is 140 Å². The van der Waals surface area contributed by atoms with E-state index in [1.54, 1.807) is 7.11 Å². The Hall–Kier alpha value is -2.88. The van der Waals surface area contributed by atoms with Gasteiger partial charge in [0.15, 0.2) is 0 Å². The number of aromatic nitrogens is 2. The summed E-state index contributed by atoms with van der Waals surface area (Å²) in [5.41, 5.74) is 2.10. The van der Waals surface area contributed by atoms with Gasteiger partial charge in [-0.2, -0.15) is 0 Å². The molecule has 0 atom stereocenters. The molecule has 122 valence electrons. The molecule has 0 saturated carbocycles. The molecule has 24 heavy (non-hydrogen) atoms. The molecule has 4 aromatic rings. The van der Waals surface area contributed by atoms with Crippen molar-refractivity contribution in [2.45, 2.75) is 19.9 Å². The molecule has 2 heterocycles. The summed E-state index contributed by atoms with van der Waals surface area (Å²) >= 11 is 0. The van der Waals surface area contributed by atoms with Gasteiger partial charge >= 0.3 is 0 Å². The fourth-order valence-electron chi connectivity index (χ4n) is 3.23. The van der Waals surface area contributed by atoms with Gasteiger partial charge in [-0.25, -0.2) is 0 Å². The van der Waals surface area contributed by atoms with Crippen LogP contribution >= 0.6 is 0 Å². The number of benzene rings is 2. The van der Waals surface area contributed by atoms with Crippen molar-refractivity contribution >= 4 is 21.7 Å². The van der Waals surface area contributed by atoms with Crippen LogP contribution < -0.4 is 4.74 Å². The second-order valence-corrected chi connectivity index (χ2v) is 6.34. The van der Waals surface area contributed by atoms with Gasteiger partial charge in [-0.05, 0) is 55.6 Å². The molecule has 0 unspecified atom stereocenters. The van der Waals surface area contributed by atoms with E-state index in [1.165, 1.54) is 5.39 Å². The van der Waals surface area contributed by atoms with Gasteiger partial charge in [0, 0.05) is 29.2 Å². The van der Waals surface area contributed by atoms with Crippen LogP contribution in [0.2, 0.25) is 0 Å². The quantitative estimate of drug-likeness (QED) is 0.584. The molecule has 0 fully saturated rings. The van der Waals surface area contributed by atoms with Crippen molar-refractivity contribution in [3.05, 3.63) is 54.9 Å². The predicted molar refractivity (Wildman–Crippen MR) is 97.4 cm³/mol. The van der Waals surface area contributed by atoms with E-state index in [-0.39, 0.29) is 5.88 Å². The van der Waals surface area contributed by atoms with Gasteiger partial charge in [-0.15, -0.1) is 0 Å². The van der Waals surface area contributed by atoms with Gasteiger partial charge < -0.3 is 14.4 Å². The summed E-state index contributed by atoms with van der Waals surface area (Å²) in [5, 5.41) is 13.6. The number of nitrogens with zero attached hydrogens (tertiary/aromatic N) is 2. The molecule has 4 nitrogen and oxygen atoms in total. The van der Waals surface area contributed by atoms with Gasteiger partial charge in [-0.1, -0.05) is 6.07 Å². The van der Waals surface area contributed by atoms with Crippen molar-refractivity contribution in [2.75, 3.05) is 7.11 Å². The average Bonchev–Trinajstić information content (AvgIpc) is 3.15. The van der Waals surface area contributed by atoms with Gasteiger partial charge in [0.25, 0.3) is 0 Å². The molecule has 0 spiro atoms. The largest absolute Gasteiger partial charge is 0.497 e. The number of fused-ring (bicyclic) bond motifs is 2. The van der Waals surface area contributed by atoms with E-state index in [2.05, 4.69) is 42.8 Å². The van der Waals surface area contributed by atoms with E-state index in [4.69, 9.17) is 4.74 Å². The zero-order valence-corrected chi connectivity index (χ0v) is 14.0. The average molecular weight is 320 g/mol. The molecule has 0 aliphatic carbocycles. The summed E-state index contributed by atoms with van der Waals surface area (Å²) in [6.07, 6.45) is 4.06. The van der Waals surface area contributed by atoms with Gasteiger partial charge in [0.1, 0.15) is 5.75 Å². The summed E-state index contributed by atoms with van der Waals surface area (Å²) in [7, 11) is 1.63. The van der Waals surface area contributed by atoms with Crippen LogP contribution in [0.3, 0.4) is 0 Å². The maximum atomic E-state index is 10.7. The number of methoxy groups -OCH3 is 1. The van der Waals surface area contributed by atoms with Crippen molar-refractivity contribution in [1.29, 1.82) is 0 Å². The second-order valence-electron chi connectivity index (χ2n) is 6.34. The van der Waals surface area contributed by atoms with Crippen LogP contribution in [0.5, 0.6) is 11.6 Å². The van der Waals surface area contributed by atoms with E-state index in [9.17, 15) is 5.11 Å². The van der Waals surface area contributed by atoms with Crippen LogP contribution in [0.4, 0.5) is 0 Å². The zero-order valence-electron chi connectivity index (χ0n) is 14.0. The molecule has 2 aromatic heterocycles. The Bertz CT molecular complexity index is 1040. The first-order valence-corrected chi connectivity index (χ1v) is 8.07. The number of hydrogen-bond acceptors (Lipinski definition) is 2. The highest BCUT2D eigenvalue weighted by Gasteiger charge is 2.12. The van der Waals surface area contributed by atoms with Crippen molar-refractivity contribution in [3.63, 3.8) is 0 Å². The van der Waals surface area contributed by atoms with E-state index >= 15 is 0 Å². The lowest BCUT2D eigenvalue weighted by molar-refractivity contribution is 0.414. The lowest BCUT2D eigenvalue weighted by Crippen LogP contribution is -1.99. The monoisotopic (exact) mass is 320 g/mol. The number of aromatic hydroxyl groups is 1. The van der Waals surface area contributed by atoms with Gasteiger partial charge in [0.2, 0.25) is 5.88 Å². The molecule has 0 saturated heterocycles. The van der Waals surface area contributed by atoms with E-state index < -0.39 is 0 Å². The standard InChI is InChI=1S/C20H20N2O2/c1-13(2)21-9-8-14-4-6-16(10-19(14)21)22-12-15-5-7-17(24-3)11-18(15)20(22)23/h4-13,23H,1-3H3. The molecule has 0 aliphatic heterocycles. The topological polar surface area (TPSA) is 39.3 Å². The van der Waals surface area contributed by atoms with E-state index in [0.717, 1.165) is 27.7 Å². The third kappa shape index (κ3) is 2.14. The molecular weight excluding hydrogens is 300 g/mol. The minimum Gasteiger partial charge on any atom is -0.497 e. The molecule has 0 bridgehead atoms. The first kappa shape index (κ1) is 14.7. The van der Waals surface area contributed by atoms with Crippen LogP contribution in [0.15, 0.2) is 54.9 Å². The van der Waals surface area contributed by atoms with E-state index in [1.807, 2.05) is 35.0 Å². The lowest BCUT2D eigenvalue weighted by Gasteiger charge is -2.11. The fourth-order valence-corrected chi connectivity index (χ4v) is 3.23. The van der Waals surface area contributed by atoms with Crippen molar-refractivity contribution in [2.24, 2.45) is 0 Å². The van der Waals surface area contributed by atoms with Crippen LogP contribution in [0, 0.1) is 0 Å². The Morgan fingerprint density at radius 3 is 2.54 bits per heavy atom. The molecule has 4 rings (SSSR count). The predicted octanol–water partition coefficient (Wildman–Crippen LogP) is 4.88. The smallest absolute Gasteiger partial charge is 0.203 e. The molecule has 4 heteroatoms. The minimum atomic E-state index is 0.228. The third-order valence-corrected chi connectivity index (χ3v) is 4.54. The summed E-state index contributed by atoms with van der Waals surface area (Å²) in [5.74, 6) is 0.964. The van der Waals surface area contributed by atoms with Gasteiger partial charge in [-0.3, -0.25) is 4.57 Å². The van der Waals surface area contributed by atoms with Gasteiger partial charge in [0.05, 0.1) is 18.3 Å². The maximum Gasteiger partial charge on any atom is 0.203 e. The highest BCUT2D eigenvalue weighted by molar-refractivity contribution is 5.90. The maximum absolute atomic E-state index is 10.7. The molecule has 0 aliphatic rings. The van der Waals surface area contributed by atoms with Crippen LogP contribution in [-0.4, -0.2) is 21.4 Å². The summed E-state index contributed by atoms with van der Waals surface area (Å²) in [6.45, 7) is 4.33. The Balaban J connectivity index is 1.92. The number of rotatable bonds is 3. The fraction of sp³-hybridized carbons (Fsp3) is 0.200. The molecule has 2 aromatic carbocycles. The molecular formula is C20H20N2O2. The normalized spacial score (nSPS) is 11.7. The Morgan fingerprint density at radius 2 is 1.79 bits per heavy atom. The molecule has 0 amide bonds. The van der Waals surface area contributed by atoms with E-state index in [0.29, 0.717) is 6.04 Å². The lowest BCUT2D eigenvalue weighted by atomic mass is 10.2. The summed E-state index contributed by atoms with van der Waals surface area (Å²) < 4.78 is 9.32. The summed E-state index contributed by atoms with van der Waals surface area (Å²) in [6, 6.07) is 14.5. The number of hydrogen-bond donors (Lipinski definition) is 1. The Kier molecular flexibility index (Phi) is 3.27. The second kappa shape index (κ2) is 5.34. The molecule has 0 radical (unpaired) electrons. The number of ether oxygens (including phenoxy) is 1. The highest BCUT2D eigenvalue weighted by atomic mass is 16.5.